The fraction of sp³-hybridized carbons (Fsp3) is 0.571. The van der Waals surface area contributed by atoms with Gasteiger partial charge in [0.15, 0.2) is 0 Å². The Labute approximate surface area is 97.1 Å². The molecule has 1 saturated carbocycles. The number of benzene rings is 1. The number of hydrogen-bond donors (Lipinski definition) is 1. The third kappa shape index (κ3) is 2.27. The van der Waals surface area contributed by atoms with Crippen molar-refractivity contribution in [1.29, 1.82) is 0 Å². The highest BCUT2D eigenvalue weighted by molar-refractivity contribution is 5.26. The van der Waals surface area contributed by atoms with Crippen LogP contribution in [0.15, 0.2) is 18.2 Å². The Morgan fingerprint density at radius 3 is 2.56 bits per heavy atom. The van der Waals surface area contributed by atoms with E-state index in [1.807, 2.05) is 19.2 Å². The van der Waals surface area contributed by atoms with Crippen LogP contribution in [0.5, 0.6) is 0 Å². The van der Waals surface area contributed by atoms with Crippen molar-refractivity contribution < 1.29 is 4.39 Å². The lowest BCUT2D eigenvalue weighted by Crippen LogP contribution is -2.24. The lowest BCUT2D eigenvalue weighted by atomic mass is 9.90. The van der Waals surface area contributed by atoms with E-state index in [4.69, 9.17) is 0 Å². The molecular formula is C14H20FN. The standard InChI is InChI=1S/C14H20FN/c1-9-4-5-12(8-13(9)15)14(16-3)10(2)11-6-7-11/h4-5,8,10-11,14,16H,6-7H2,1-3H3. The SMILES string of the molecule is CNC(c1ccc(C)c(F)c1)C(C)C1CC1. The van der Waals surface area contributed by atoms with Crippen LogP contribution >= 0.6 is 0 Å². The van der Waals surface area contributed by atoms with E-state index in [-0.39, 0.29) is 11.9 Å². The summed E-state index contributed by atoms with van der Waals surface area (Å²) in [7, 11) is 1.96. The van der Waals surface area contributed by atoms with Gasteiger partial charge in [0.2, 0.25) is 0 Å². The number of aryl methyl sites for hydroxylation is 1. The van der Waals surface area contributed by atoms with Gasteiger partial charge in [-0.15, -0.1) is 0 Å². The van der Waals surface area contributed by atoms with Crippen LogP contribution in [0.25, 0.3) is 0 Å². The van der Waals surface area contributed by atoms with Gasteiger partial charge in [-0.1, -0.05) is 19.1 Å². The molecule has 1 aromatic carbocycles. The largest absolute Gasteiger partial charge is 0.313 e. The van der Waals surface area contributed by atoms with Gasteiger partial charge in [-0.2, -0.15) is 0 Å². The summed E-state index contributed by atoms with van der Waals surface area (Å²) in [5, 5.41) is 3.32. The normalized spacial score (nSPS) is 19.5. The van der Waals surface area contributed by atoms with Crippen LogP contribution in [-0.4, -0.2) is 7.05 Å². The molecule has 0 spiro atoms. The van der Waals surface area contributed by atoms with Gasteiger partial charge in [0.05, 0.1) is 0 Å². The molecule has 2 unspecified atom stereocenters. The van der Waals surface area contributed by atoms with Gasteiger partial charge >= 0.3 is 0 Å². The van der Waals surface area contributed by atoms with Gasteiger partial charge in [0.1, 0.15) is 5.82 Å². The summed E-state index contributed by atoms with van der Waals surface area (Å²) >= 11 is 0. The molecule has 16 heavy (non-hydrogen) atoms. The summed E-state index contributed by atoms with van der Waals surface area (Å²) in [5.74, 6) is 1.31. The number of halogens is 1. The van der Waals surface area contributed by atoms with Crippen LogP contribution in [0.3, 0.4) is 0 Å². The van der Waals surface area contributed by atoms with E-state index in [2.05, 4.69) is 12.2 Å². The Bertz CT molecular complexity index is 371. The highest BCUT2D eigenvalue weighted by Gasteiger charge is 2.33. The van der Waals surface area contributed by atoms with Crippen molar-refractivity contribution in [2.75, 3.05) is 7.05 Å². The van der Waals surface area contributed by atoms with E-state index in [0.29, 0.717) is 5.92 Å². The van der Waals surface area contributed by atoms with E-state index in [0.717, 1.165) is 17.0 Å². The average molecular weight is 221 g/mol. The number of hydrogen-bond acceptors (Lipinski definition) is 1. The van der Waals surface area contributed by atoms with Crippen LogP contribution in [0.4, 0.5) is 4.39 Å². The van der Waals surface area contributed by atoms with E-state index in [1.165, 1.54) is 12.8 Å². The predicted octanol–water partition coefficient (Wildman–Crippen LogP) is 3.44. The van der Waals surface area contributed by atoms with Crippen LogP contribution < -0.4 is 5.32 Å². The summed E-state index contributed by atoms with van der Waals surface area (Å²) in [5.41, 5.74) is 1.79. The first-order valence-electron chi connectivity index (χ1n) is 6.06. The number of rotatable bonds is 4. The highest BCUT2D eigenvalue weighted by Crippen LogP contribution is 2.42. The number of nitrogens with one attached hydrogen (secondary N) is 1. The quantitative estimate of drug-likeness (QED) is 0.821. The zero-order chi connectivity index (χ0) is 11.7. The van der Waals surface area contributed by atoms with Gasteiger partial charge < -0.3 is 5.32 Å². The molecule has 2 heteroatoms. The molecule has 0 radical (unpaired) electrons. The van der Waals surface area contributed by atoms with Crippen LogP contribution in [0.2, 0.25) is 0 Å². The Morgan fingerprint density at radius 1 is 1.38 bits per heavy atom. The highest BCUT2D eigenvalue weighted by atomic mass is 19.1. The van der Waals surface area contributed by atoms with Crippen LogP contribution in [0, 0.1) is 24.6 Å². The zero-order valence-corrected chi connectivity index (χ0v) is 10.3. The monoisotopic (exact) mass is 221 g/mol. The molecule has 1 N–H and O–H groups in total. The van der Waals surface area contributed by atoms with E-state index in [1.54, 1.807) is 13.0 Å². The molecular weight excluding hydrogens is 201 g/mol. The Morgan fingerprint density at radius 2 is 2.06 bits per heavy atom. The third-order valence-electron chi connectivity index (χ3n) is 3.76. The zero-order valence-electron chi connectivity index (χ0n) is 10.3. The minimum Gasteiger partial charge on any atom is -0.313 e. The molecule has 1 aromatic rings. The molecule has 2 atom stereocenters. The van der Waals surface area contributed by atoms with Crippen LogP contribution in [-0.2, 0) is 0 Å². The Kier molecular flexibility index (Phi) is 3.29. The second kappa shape index (κ2) is 4.54. The van der Waals surface area contributed by atoms with Gasteiger partial charge in [0, 0.05) is 6.04 Å². The molecule has 0 aliphatic heterocycles. The minimum atomic E-state index is -0.0965. The topological polar surface area (TPSA) is 12.0 Å². The van der Waals surface area contributed by atoms with Crippen molar-refractivity contribution in [3.05, 3.63) is 35.1 Å². The van der Waals surface area contributed by atoms with Gasteiger partial charge in [-0.05, 0) is 55.8 Å². The maximum Gasteiger partial charge on any atom is 0.126 e. The maximum absolute atomic E-state index is 13.5. The molecule has 88 valence electrons. The molecule has 2 rings (SSSR count). The minimum absolute atomic E-state index is 0.0965. The van der Waals surface area contributed by atoms with Gasteiger partial charge in [0.25, 0.3) is 0 Å². The Balaban J connectivity index is 2.21. The molecule has 0 saturated heterocycles. The van der Waals surface area contributed by atoms with E-state index < -0.39 is 0 Å². The molecule has 0 heterocycles. The van der Waals surface area contributed by atoms with Gasteiger partial charge in [-0.25, -0.2) is 4.39 Å². The maximum atomic E-state index is 13.5. The third-order valence-corrected chi connectivity index (χ3v) is 3.76. The summed E-state index contributed by atoms with van der Waals surface area (Å²) in [4.78, 5) is 0. The molecule has 1 aliphatic carbocycles. The Hall–Kier alpha value is -0.890. The molecule has 0 bridgehead atoms. The summed E-state index contributed by atoms with van der Waals surface area (Å²) < 4.78 is 13.5. The smallest absolute Gasteiger partial charge is 0.126 e. The second-order valence-electron chi connectivity index (χ2n) is 4.97. The summed E-state index contributed by atoms with van der Waals surface area (Å²) in [6.45, 7) is 4.06. The summed E-state index contributed by atoms with van der Waals surface area (Å²) in [6.07, 6.45) is 2.65. The second-order valence-corrected chi connectivity index (χ2v) is 4.97. The molecule has 1 aliphatic rings. The van der Waals surface area contributed by atoms with Crippen molar-refractivity contribution >= 4 is 0 Å². The van der Waals surface area contributed by atoms with E-state index in [9.17, 15) is 4.39 Å². The summed E-state index contributed by atoms with van der Waals surface area (Å²) in [6, 6.07) is 5.87. The van der Waals surface area contributed by atoms with E-state index >= 15 is 0 Å². The van der Waals surface area contributed by atoms with Crippen LogP contribution in [0.1, 0.15) is 36.9 Å². The first kappa shape index (κ1) is 11.6. The predicted molar refractivity (Wildman–Crippen MR) is 64.8 cm³/mol. The first-order valence-corrected chi connectivity index (χ1v) is 6.06. The lowest BCUT2D eigenvalue weighted by molar-refractivity contribution is 0.368. The van der Waals surface area contributed by atoms with Crippen molar-refractivity contribution in [1.82, 2.24) is 5.32 Å². The average Bonchev–Trinajstić information content (AvgIpc) is 3.07. The van der Waals surface area contributed by atoms with Crippen molar-refractivity contribution in [2.24, 2.45) is 11.8 Å². The van der Waals surface area contributed by atoms with Gasteiger partial charge in [-0.3, -0.25) is 0 Å². The van der Waals surface area contributed by atoms with Crippen molar-refractivity contribution in [3.8, 4) is 0 Å². The molecule has 1 fully saturated rings. The fourth-order valence-electron chi connectivity index (χ4n) is 2.43. The molecule has 1 nitrogen and oxygen atoms in total. The van der Waals surface area contributed by atoms with Crippen molar-refractivity contribution in [2.45, 2.75) is 32.7 Å². The fourth-order valence-corrected chi connectivity index (χ4v) is 2.43. The first-order chi connectivity index (χ1) is 7.63. The lowest BCUT2D eigenvalue weighted by Gasteiger charge is -2.24. The molecule has 0 amide bonds. The molecule has 0 aromatic heterocycles. The van der Waals surface area contributed by atoms with Crippen molar-refractivity contribution in [3.63, 3.8) is 0 Å².